The lowest BCUT2D eigenvalue weighted by atomic mass is 10.1. The number of amides is 1. The zero-order chi connectivity index (χ0) is 21.1. The van der Waals surface area contributed by atoms with E-state index >= 15 is 0 Å². The third-order valence-electron chi connectivity index (χ3n) is 4.46. The second-order valence-corrected chi connectivity index (χ2v) is 7.49. The predicted molar refractivity (Wildman–Crippen MR) is 114 cm³/mol. The van der Waals surface area contributed by atoms with Crippen LogP contribution < -0.4 is 5.32 Å². The fourth-order valence-corrected chi connectivity index (χ4v) is 3.19. The predicted octanol–water partition coefficient (Wildman–Crippen LogP) is 3.43. The molecule has 2 N–H and O–H groups in total. The Morgan fingerprint density at radius 2 is 2.00 bits per heavy atom. The van der Waals surface area contributed by atoms with E-state index in [2.05, 4.69) is 30.7 Å². The van der Waals surface area contributed by atoms with Gasteiger partial charge in [-0.15, -0.1) is 0 Å². The monoisotopic (exact) mass is 421 g/mol. The maximum atomic E-state index is 12.1. The molecular formula is C21H20ClN7O. The van der Waals surface area contributed by atoms with Crippen molar-refractivity contribution in [1.82, 2.24) is 35.3 Å². The number of H-pyrrole nitrogens is 1. The van der Waals surface area contributed by atoms with Gasteiger partial charge in [0.1, 0.15) is 23.5 Å². The number of hydrogen-bond acceptors (Lipinski definition) is 5. The summed E-state index contributed by atoms with van der Waals surface area (Å²) in [6.07, 6.45) is 5.56. The summed E-state index contributed by atoms with van der Waals surface area (Å²) in [4.78, 5) is 20.9. The number of halogens is 1. The summed E-state index contributed by atoms with van der Waals surface area (Å²) in [6, 6.07) is 11.2. The molecule has 3 heterocycles. The molecule has 1 amide bonds. The number of nitrogens with zero attached hydrogens (tertiary/aromatic N) is 5. The Hall–Kier alpha value is -3.52. The molecule has 0 fully saturated rings. The molecule has 9 heteroatoms. The third-order valence-corrected chi connectivity index (χ3v) is 4.82. The molecule has 0 aliphatic rings. The Morgan fingerprint density at radius 1 is 1.17 bits per heavy atom. The van der Waals surface area contributed by atoms with Gasteiger partial charge in [-0.1, -0.05) is 29.8 Å². The molecule has 3 aromatic heterocycles. The van der Waals surface area contributed by atoms with Crippen LogP contribution in [0.2, 0.25) is 5.02 Å². The SMILES string of the molecule is CC(C)NC(=O)c1ccc(-n2cnc(-c3n[nH]nc3Cc3ccccc3Cl)c2)nc1. The van der Waals surface area contributed by atoms with Gasteiger partial charge in [-0.2, -0.15) is 15.4 Å². The smallest absolute Gasteiger partial charge is 0.253 e. The van der Waals surface area contributed by atoms with Crippen LogP contribution in [0.3, 0.4) is 0 Å². The summed E-state index contributed by atoms with van der Waals surface area (Å²) in [6.45, 7) is 3.83. The lowest BCUT2D eigenvalue weighted by Gasteiger charge is -2.08. The Kier molecular flexibility index (Phi) is 5.58. The normalized spacial score (nSPS) is 11.1. The standard InChI is InChI=1S/C21H20ClN7O/c1-13(2)25-21(30)15-7-8-19(23-10-15)29-11-18(24-12-29)20-17(26-28-27-20)9-14-5-3-4-6-16(14)22/h3-8,10-13H,9H2,1-2H3,(H,25,30)(H,26,27,28). The average molecular weight is 422 g/mol. The van der Waals surface area contributed by atoms with Crippen LogP contribution in [0, 0.1) is 0 Å². The number of benzene rings is 1. The van der Waals surface area contributed by atoms with Crippen LogP contribution in [-0.2, 0) is 6.42 Å². The second-order valence-electron chi connectivity index (χ2n) is 7.09. The second kappa shape index (κ2) is 8.46. The van der Waals surface area contributed by atoms with Crippen molar-refractivity contribution in [3.05, 3.63) is 77.0 Å². The molecule has 0 atom stereocenters. The van der Waals surface area contributed by atoms with Gasteiger partial charge in [0.2, 0.25) is 0 Å². The summed E-state index contributed by atoms with van der Waals surface area (Å²) < 4.78 is 1.77. The summed E-state index contributed by atoms with van der Waals surface area (Å²) in [5, 5.41) is 14.7. The molecule has 1 aromatic carbocycles. The number of pyridine rings is 1. The topological polar surface area (TPSA) is 101 Å². The van der Waals surface area contributed by atoms with E-state index in [1.54, 1.807) is 29.2 Å². The van der Waals surface area contributed by atoms with Crippen LogP contribution in [0.1, 0.15) is 35.5 Å². The minimum atomic E-state index is -0.151. The van der Waals surface area contributed by atoms with Crippen molar-refractivity contribution in [3.63, 3.8) is 0 Å². The quantitative estimate of drug-likeness (QED) is 0.496. The van der Waals surface area contributed by atoms with E-state index in [1.807, 2.05) is 44.3 Å². The lowest BCUT2D eigenvalue weighted by molar-refractivity contribution is 0.0943. The van der Waals surface area contributed by atoms with Crippen LogP contribution in [-0.4, -0.2) is 41.9 Å². The van der Waals surface area contributed by atoms with Crippen molar-refractivity contribution in [1.29, 1.82) is 0 Å². The van der Waals surface area contributed by atoms with Gasteiger partial charge < -0.3 is 5.32 Å². The van der Waals surface area contributed by atoms with E-state index in [9.17, 15) is 4.79 Å². The molecular weight excluding hydrogens is 402 g/mol. The van der Waals surface area contributed by atoms with E-state index in [0.29, 0.717) is 34.2 Å². The van der Waals surface area contributed by atoms with E-state index in [0.717, 1.165) is 11.3 Å². The van der Waals surface area contributed by atoms with Gasteiger partial charge in [-0.25, -0.2) is 9.97 Å². The van der Waals surface area contributed by atoms with Crippen LogP contribution in [0.15, 0.2) is 55.1 Å². The maximum absolute atomic E-state index is 12.1. The molecule has 0 aliphatic carbocycles. The highest BCUT2D eigenvalue weighted by atomic mass is 35.5. The molecule has 0 radical (unpaired) electrons. The Labute approximate surface area is 178 Å². The Morgan fingerprint density at radius 3 is 2.73 bits per heavy atom. The van der Waals surface area contributed by atoms with Gasteiger partial charge in [0.25, 0.3) is 5.91 Å². The molecule has 4 aromatic rings. The maximum Gasteiger partial charge on any atom is 0.253 e. The van der Waals surface area contributed by atoms with Crippen LogP contribution in [0.5, 0.6) is 0 Å². The van der Waals surface area contributed by atoms with E-state index in [4.69, 9.17) is 11.6 Å². The van der Waals surface area contributed by atoms with Crippen LogP contribution in [0.25, 0.3) is 17.2 Å². The molecule has 0 saturated heterocycles. The van der Waals surface area contributed by atoms with Gasteiger partial charge in [-0.3, -0.25) is 9.36 Å². The number of aromatic amines is 1. The minimum absolute atomic E-state index is 0.0656. The lowest BCUT2D eigenvalue weighted by Crippen LogP contribution is -2.30. The summed E-state index contributed by atoms with van der Waals surface area (Å²) >= 11 is 6.27. The molecule has 4 rings (SSSR count). The number of aromatic nitrogens is 6. The first kappa shape index (κ1) is 19.8. The van der Waals surface area contributed by atoms with Gasteiger partial charge in [-0.05, 0) is 37.6 Å². The van der Waals surface area contributed by atoms with Crippen molar-refractivity contribution >= 4 is 17.5 Å². The third kappa shape index (κ3) is 4.23. The molecule has 0 spiro atoms. The molecule has 8 nitrogen and oxygen atoms in total. The number of rotatable bonds is 6. The Balaban J connectivity index is 1.55. The summed E-state index contributed by atoms with van der Waals surface area (Å²) in [5.74, 6) is 0.494. The molecule has 0 aliphatic heterocycles. The first-order valence-electron chi connectivity index (χ1n) is 9.46. The summed E-state index contributed by atoms with van der Waals surface area (Å²) in [7, 11) is 0. The molecule has 0 unspecified atom stereocenters. The van der Waals surface area contributed by atoms with Crippen LogP contribution in [0.4, 0.5) is 0 Å². The van der Waals surface area contributed by atoms with Crippen molar-refractivity contribution in [2.75, 3.05) is 0 Å². The Bertz CT molecular complexity index is 1160. The average Bonchev–Trinajstić information content (AvgIpc) is 3.39. The van der Waals surface area contributed by atoms with E-state index in [-0.39, 0.29) is 11.9 Å². The van der Waals surface area contributed by atoms with Gasteiger partial charge >= 0.3 is 0 Å². The highest BCUT2D eigenvalue weighted by Crippen LogP contribution is 2.24. The molecule has 30 heavy (non-hydrogen) atoms. The first-order chi connectivity index (χ1) is 14.5. The van der Waals surface area contributed by atoms with Crippen LogP contribution >= 0.6 is 11.6 Å². The number of carbonyl (C=O) groups excluding carboxylic acids is 1. The molecule has 0 saturated carbocycles. The van der Waals surface area contributed by atoms with Crippen molar-refractivity contribution in [2.24, 2.45) is 0 Å². The number of hydrogen-bond donors (Lipinski definition) is 2. The van der Waals surface area contributed by atoms with Crippen molar-refractivity contribution in [2.45, 2.75) is 26.3 Å². The zero-order valence-electron chi connectivity index (χ0n) is 16.5. The molecule has 0 bridgehead atoms. The number of carbonyl (C=O) groups is 1. The highest BCUT2D eigenvalue weighted by Gasteiger charge is 2.16. The van der Waals surface area contributed by atoms with Gasteiger partial charge in [0.15, 0.2) is 0 Å². The highest BCUT2D eigenvalue weighted by molar-refractivity contribution is 6.31. The van der Waals surface area contributed by atoms with E-state index in [1.165, 1.54) is 0 Å². The zero-order valence-corrected chi connectivity index (χ0v) is 17.3. The van der Waals surface area contributed by atoms with Gasteiger partial charge in [0.05, 0.1) is 11.3 Å². The van der Waals surface area contributed by atoms with Gasteiger partial charge in [0, 0.05) is 29.9 Å². The number of nitrogens with one attached hydrogen (secondary N) is 2. The fraction of sp³-hybridized carbons (Fsp3) is 0.190. The number of imidazole rings is 1. The first-order valence-corrected chi connectivity index (χ1v) is 9.83. The van der Waals surface area contributed by atoms with Crippen molar-refractivity contribution < 1.29 is 4.79 Å². The van der Waals surface area contributed by atoms with Crippen molar-refractivity contribution in [3.8, 4) is 17.2 Å². The van der Waals surface area contributed by atoms with E-state index < -0.39 is 0 Å². The summed E-state index contributed by atoms with van der Waals surface area (Å²) in [5.41, 5.74) is 3.54. The largest absolute Gasteiger partial charge is 0.350 e. The fourth-order valence-electron chi connectivity index (χ4n) is 2.99. The molecule has 152 valence electrons. The minimum Gasteiger partial charge on any atom is -0.350 e.